The first-order valence-electron chi connectivity index (χ1n) is 11.0. The second-order valence-electron chi connectivity index (χ2n) is 8.60. The molecule has 0 aromatic heterocycles. The first-order chi connectivity index (χ1) is 15.6. The zero-order valence-corrected chi connectivity index (χ0v) is 20.5. The Hall–Kier alpha value is -2.46. The van der Waals surface area contributed by atoms with E-state index in [-0.39, 0.29) is 12.5 Å². The highest BCUT2D eigenvalue weighted by molar-refractivity contribution is 7.89. The van der Waals surface area contributed by atoms with Crippen LogP contribution in [0.4, 0.5) is 5.69 Å². The third kappa shape index (κ3) is 6.54. The van der Waals surface area contributed by atoms with E-state index in [1.807, 2.05) is 32.9 Å². The Morgan fingerprint density at radius 2 is 1.64 bits per heavy atom. The molecule has 2 aromatic carbocycles. The molecule has 180 valence electrons. The van der Waals surface area contributed by atoms with Crippen LogP contribution in [0.25, 0.3) is 0 Å². The number of aryl methyl sites for hydroxylation is 3. The van der Waals surface area contributed by atoms with Crippen molar-refractivity contribution in [1.29, 1.82) is 0 Å². The van der Waals surface area contributed by atoms with Gasteiger partial charge in [-0.15, -0.1) is 0 Å². The predicted octanol–water partition coefficient (Wildman–Crippen LogP) is 2.32. The number of β-amino-alcohol motifs (C(OH)–C–C–N with tert-alkyl or cyclic N) is 1. The van der Waals surface area contributed by atoms with Crippen LogP contribution in [0.15, 0.2) is 41.3 Å². The van der Waals surface area contributed by atoms with E-state index in [2.05, 4.69) is 10.2 Å². The molecule has 1 aliphatic rings. The molecule has 1 aliphatic heterocycles. The van der Waals surface area contributed by atoms with Crippen LogP contribution in [-0.4, -0.2) is 74.1 Å². The maximum Gasteiger partial charge on any atom is 0.243 e. The van der Waals surface area contributed by atoms with E-state index in [9.17, 15) is 18.3 Å². The molecule has 1 saturated heterocycles. The normalized spacial score (nSPS) is 16.4. The van der Waals surface area contributed by atoms with Gasteiger partial charge in [-0.05, 0) is 56.2 Å². The van der Waals surface area contributed by atoms with Crippen LogP contribution in [0.2, 0.25) is 0 Å². The summed E-state index contributed by atoms with van der Waals surface area (Å²) in [6.45, 7) is 9.48. The molecule has 0 unspecified atom stereocenters. The van der Waals surface area contributed by atoms with Gasteiger partial charge in [0, 0.05) is 45.3 Å². The van der Waals surface area contributed by atoms with Gasteiger partial charge in [-0.2, -0.15) is 4.31 Å². The smallest absolute Gasteiger partial charge is 0.243 e. The van der Waals surface area contributed by atoms with E-state index in [1.54, 1.807) is 24.3 Å². The van der Waals surface area contributed by atoms with Crippen molar-refractivity contribution in [1.82, 2.24) is 9.21 Å². The Bertz CT molecular complexity index is 1050. The molecule has 0 aliphatic carbocycles. The Kier molecular flexibility index (Phi) is 8.12. The second-order valence-corrected chi connectivity index (χ2v) is 10.5. The molecule has 1 amide bonds. The molecule has 2 aromatic rings. The van der Waals surface area contributed by atoms with E-state index < -0.39 is 16.1 Å². The Morgan fingerprint density at radius 3 is 2.18 bits per heavy atom. The van der Waals surface area contributed by atoms with Crippen LogP contribution in [0, 0.1) is 20.8 Å². The third-order valence-corrected chi connectivity index (χ3v) is 7.82. The molecule has 1 atom stereocenters. The molecule has 1 fully saturated rings. The number of aliphatic hydroxyl groups excluding tert-OH is 1. The highest BCUT2D eigenvalue weighted by Crippen LogP contribution is 2.26. The van der Waals surface area contributed by atoms with Gasteiger partial charge >= 0.3 is 0 Å². The minimum atomic E-state index is -3.56. The van der Waals surface area contributed by atoms with E-state index in [0.717, 1.165) is 16.7 Å². The summed E-state index contributed by atoms with van der Waals surface area (Å²) in [5.74, 6) is 0.457. The second kappa shape index (κ2) is 10.6. The third-order valence-electron chi connectivity index (χ3n) is 5.62. The van der Waals surface area contributed by atoms with Crippen LogP contribution >= 0.6 is 0 Å². The summed E-state index contributed by atoms with van der Waals surface area (Å²) in [6.07, 6.45) is -0.704. The van der Waals surface area contributed by atoms with Crippen molar-refractivity contribution in [3.63, 3.8) is 0 Å². The zero-order valence-electron chi connectivity index (χ0n) is 19.7. The van der Waals surface area contributed by atoms with Crippen molar-refractivity contribution in [2.24, 2.45) is 0 Å². The summed E-state index contributed by atoms with van der Waals surface area (Å²) in [7, 11) is -3.56. The fourth-order valence-corrected chi connectivity index (χ4v) is 6.07. The van der Waals surface area contributed by atoms with E-state index in [0.29, 0.717) is 49.1 Å². The molecule has 1 heterocycles. The summed E-state index contributed by atoms with van der Waals surface area (Å²) in [5, 5.41) is 13.1. The quantitative estimate of drug-likeness (QED) is 0.608. The van der Waals surface area contributed by atoms with Crippen LogP contribution < -0.4 is 10.1 Å². The molecule has 8 nitrogen and oxygen atoms in total. The summed E-state index contributed by atoms with van der Waals surface area (Å²) in [4.78, 5) is 13.5. The van der Waals surface area contributed by atoms with E-state index in [4.69, 9.17) is 4.74 Å². The van der Waals surface area contributed by atoms with Gasteiger partial charge in [0.1, 0.15) is 18.5 Å². The van der Waals surface area contributed by atoms with Crippen molar-refractivity contribution in [2.75, 3.05) is 44.6 Å². The van der Waals surface area contributed by atoms with Crippen molar-refractivity contribution >= 4 is 21.6 Å². The average molecular weight is 476 g/mol. The highest BCUT2D eigenvalue weighted by Gasteiger charge is 2.31. The number of amides is 1. The number of sulfonamides is 1. The van der Waals surface area contributed by atoms with Crippen LogP contribution in [0.5, 0.6) is 5.75 Å². The van der Waals surface area contributed by atoms with Gasteiger partial charge in [0.15, 0.2) is 0 Å². The van der Waals surface area contributed by atoms with E-state index in [1.165, 1.54) is 11.2 Å². The lowest BCUT2D eigenvalue weighted by Gasteiger charge is -2.35. The van der Waals surface area contributed by atoms with Crippen LogP contribution in [0.3, 0.4) is 0 Å². The molecule has 0 spiro atoms. The monoisotopic (exact) mass is 475 g/mol. The molecule has 33 heavy (non-hydrogen) atoms. The largest absolute Gasteiger partial charge is 0.491 e. The summed E-state index contributed by atoms with van der Waals surface area (Å²) < 4.78 is 33.6. The number of nitrogens with one attached hydrogen (secondary N) is 1. The number of rotatable bonds is 8. The number of anilines is 1. The van der Waals surface area contributed by atoms with Crippen LogP contribution in [0.1, 0.15) is 23.6 Å². The van der Waals surface area contributed by atoms with Gasteiger partial charge < -0.3 is 15.2 Å². The SMILES string of the molecule is CC(=O)Nc1ccc(OC[C@@H](O)CN2CCN(S(=O)(=O)c3c(C)cc(C)cc3C)CC2)cc1. The van der Waals surface area contributed by atoms with Gasteiger partial charge in [-0.1, -0.05) is 17.7 Å². The summed E-state index contributed by atoms with van der Waals surface area (Å²) in [6, 6.07) is 10.7. The fourth-order valence-electron chi connectivity index (χ4n) is 4.24. The Labute approximate surface area is 196 Å². The summed E-state index contributed by atoms with van der Waals surface area (Å²) >= 11 is 0. The lowest BCUT2D eigenvalue weighted by Crippen LogP contribution is -2.51. The number of hydrogen-bond donors (Lipinski definition) is 2. The van der Waals surface area contributed by atoms with Gasteiger partial charge in [-0.25, -0.2) is 8.42 Å². The van der Waals surface area contributed by atoms with Crippen molar-refractivity contribution < 1.29 is 23.1 Å². The molecule has 3 rings (SSSR count). The first kappa shape index (κ1) is 25.2. The Balaban J connectivity index is 1.49. The number of carbonyl (C=O) groups excluding carboxylic acids is 1. The summed E-state index contributed by atoms with van der Waals surface area (Å²) in [5.41, 5.74) is 3.27. The van der Waals surface area contributed by atoms with Gasteiger partial charge in [0.25, 0.3) is 0 Å². The number of hydrogen-bond acceptors (Lipinski definition) is 6. The van der Waals surface area contributed by atoms with Crippen molar-refractivity contribution in [2.45, 2.75) is 38.7 Å². The maximum atomic E-state index is 13.2. The highest BCUT2D eigenvalue weighted by atomic mass is 32.2. The van der Waals surface area contributed by atoms with E-state index >= 15 is 0 Å². The molecule has 0 saturated carbocycles. The fraction of sp³-hybridized carbons (Fsp3) is 0.458. The molecular formula is C24H33N3O5S. The van der Waals surface area contributed by atoms with Gasteiger partial charge in [0.05, 0.1) is 4.90 Å². The van der Waals surface area contributed by atoms with Crippen molar-refractivity contribution in [3.05, 3.63) is 53.1 Å². The van der Waals surface area contributed by atoms with Gasteiger partial charge in [-0.3, -0.25) is 9.69 Å². The average Bonchev–Trinajstić information content (AvgIpc) is 2.72. The topological polar surface area (TPSA) is 99.2 Å². The predicted molar refractivity (Wildman–Crippen MR) is 128 cm³/mol. The maximum absolute atomic E-state index is 13.2. The Morgan fingerprint density at radius 1 is 1.06 bits per heavy atom. The standard InChI is InChI=1S/C24H33N3O5S/c1-17-13-18(2)24(19(3)14-17)33(30,31)27-11-9-26(10-12-27)15-22(29)16-32-23-7-5-21(6-8-23)25-20(4)28/h5-8,13-14,22,29H,9-12,15-16H2,1-4H3,(H,25,28)/t22-/m0/s1. The minimum absolute atomic E-state index is 0.125. The number of aliphatic hydroxyl groups is 1. The lowest BCUT2D eigenvalue weighted by atomic mass is 10.1. The minimum Gasteiger partial charge on any atom is -0.491 e. The van der Waals surface area contributed by atoms with Crippen LogP contribution in [-0.2, 0) is 14.8 Å². The van der Waals surface area contributed by atoms with Gasteiger partial charge in [0.2, 0.25) is 15.9 Å². The zero-order chi connectivity index (χ0) is 24.2. The number of benzene rings is 2. The van der Waals surface area contributed by atoms with Crippen molar-refractivity contribution in [3.8, 4) is 5.75 Å². The number of carbonyl (C=O) groups is 1. The molecule has 0 radical (unpaired) electrons. The lowest BCUT2D eigenvalue weighted by molar-refractivity contribution is -0.114. The number of piperazine rings is 1. The number of nitrogens with zero attached hydrogens (tertiary/aromatic N) is 2. The molecule has 0 bridgehead atoms. The molecule has 9 heteroatoms. The number of ether oxygens (including phenoxy) is 1. The molecule has 2 N–H and O–H groups in total. The molecular weight excluding hydrogens is 442 g/mol. The first-order valence-corrected chi connectivity index (χ1v) is 12.5.